The van der Waals surface area contributed by atoms with Crippen LogP contribution in [0.25, 0.3) is 0 Å². The topological polar surface area (TPSA) is 73.6 Å². The Balaban J connectivity index is 2.18. The van der Waals surface area contributed by atoms with E-state index in [1.807, 2.05) is 20.8 Å². The molecule has 1 amide bonds. The summed E-state index contributed by atoms with van der Waals surface area (Å²) in [4.78, 5) is 11.5. The van der Waals surface area contributed by atoms with Crippen LogP contribution in [-0.4, -0.2) is 43.4 Å². The van der Waals surface area contributed by atoms with Gasteiger partial charge in [-0.05, 0) is 46.5 Å². The number of carbonyl (C=O) groups is 1. The van der Waals surface area contributed by atoms with E-state index in [-0.39, 0.29) is 18.1 Å². The summed E-state index contributed by atoms with van der Waals surface area (Å²) < 4.78 is 10.9. The lowest BCUT2D eigenvalue weighted by atomic mass is 9.93. The molecule has 0 bridgehead atoms. The van der Waals surface area contributed by atoms with Crippen LogP contribution in [0.3, 0.4) is 0 Å². The lowest BCUT2D eigenvalue weighted by molar-refractivity contribution is -0.124. The van der Waals surface area contributed by atoms with Crippen molar-refractivity contribution in [2.75, 3.05) is 19.8 Å². The lowest BCUT2D eigenvalue weighted by Crippen LogP contribution is -2.55. The minimum atomic E-state index is -0.620. The molecule has 0 saturated carbocycles. The van der Waals surface area contributed by atoms with Gasteiger partial charge in [-0.3, -0.25) is 4.79 Å². The zero-order valence-electron chi connectivity index (χ0n) is 12.4. The fraction of sp³-hybridized carbons (Fsp3) is 0.929. The van der Waals surface area contributed by atoms with Crippen molar-refractivity contribution < 1.29 is 14.3 Å². The molecule has 112 valence electrons. The Kier molecular flexibility index (Phi) is 6.75. The smallest absolute Gasteiger partial charge is 0.237 e. The second-order valence-electron chi connectivity index (χ2n) is 5.81. The fourth-order valence-electron chi connectivity index (χ4n) is 2.38. The molecule has 0 aliphatic carbocycles. The Hall–Kier alpha value is -0.650. The highest BCUT2D eigenvalue weighted by molar-refractivity contribution is 5.84. The summed E-state index contributed by atoms with van der Waals surface area (Å²) in [6.45, 7) is 8.16. The van der Waals surface area contributed by atoms with Crippen LogP contribution in [-0.2, 0) is 14.3 Å². The molecular weight excluding hydrogens is 244 g/mol. The van der Waals surface area contributed by atoms with Crippen LogP contribution >= 0.6 is 0 Å². The summed E-state index contributed by atoms with van der Waals surface area (Å²) in [5, 5.41) is 3.25. The average molecular weight is 272 g/mol. The number of rotatable bonds is 9. The first-order valence-corrected chi connectivity index (χ1v) is 7.21. The number of nitrogens with two attached hydrogens (primary N) is 1. The van der Waals surface area contributed by atoms with Gasteiger partial charge < -0.3 is 20.5 Å². The summed E-state index contributed by atoms with van der Waals surface area (Å²) in [7, 11) is 0. The van der Waals surface area contributed by atoms with Crippen molar-refractivity contribution in [3.05, 3.63) is 0 Å². The Morgan fingerprint density at radius 3 is 2.79 bits per heavy atom. The van der Waals surface area contributed by atoms with E-state index in [4.69, 9.17) is 15.2 Å². The van der Waals surface area contributed by atoms with Gasteiger partial charge in [0.25, 0.3) is 0 Å². The van der Waals surface area contributed by atoms with Crippen molar-refractivity contribution in [3.8, 4) is 0 Å². The van der Waals surface area contributed by atoms with Crippen LogP contribution in [0.4, 0.5) is 0 Å². The number of unbranched alkanes of at least 4 members (excludes halogenated alkanes) is 1. The van der Waals surface area contributed by atoms with Gasteiger partial charge in [0.05, 0.1) is 18.2 Å². The largest absolute Gasteiger partial charge is 0.379 e. The van der Waals surface area contributed by atoms with Crippen molar-refractivity contribution in [2.24, 2.45) is 5.73 Å². The molecule has 5 heteroatoms. The molecule has 0 aromatic rings. The molecule has 1 saturated heterocycles. The van der Waals surface area contributed by atoms with Gasteiger partial charge in [0.1, 0.15) is 0 Å². The van der Waals surface area contributed by atoms with Gasteiger partial charge in [-0.1, -0.05) is 0 Å². The zero-order chi connectivity index (χ0) is 14.3. The minimum absolute atomic E-state index is 0.240. The number of carbonyl (C=O) groups excluding carboxylic acids is 1. The fourth-order valence-corrected chi connectivity index (χ4v) is 2.38. The Morgan fingerprint density at radius 1 is 1.53 bits per heavy atom. The van der Waals surface area contributed by atoms with Crippen molar-refractivity contribution >= 4 is 5.91 Å². The first kappa shape index (κ1) is 16.4. The van der Waals surface area contributed by atoms with E-state index in [1.165, 1.54) is 0 Å². The highest BCUT2D eigenvalue weighted by atomic mass is 16.5. The predicted molar refractivity (Wildman–Crippen MR) is 74.9 cm³/mol. The van der Waals surface area contributed by atoms with Crippen LogP contribution < -0.4 is 11.1 Å². The quantitative estimate of drug-likeness (QED) is 0.619. The molecule has 19 heavy (non-hydrogen) atoms. The van der Waals surface area contributed by atoms with E-state index in [0.29, 0.717) is 6.61 Å². The van der Waals surface area contributed by atoms with Gasteiger partial charge >= 0.3 is 0 Å². The summed E-state index contributed by atoms with van der Waals surface area (Å²) >= 11 is 0. The SMILES string of the molecule is CC(C)NC(C)(CCCCOC1CCOC1)C(N)=O. The highest BCUT2D eigenvalue weighted by Gasteiger charge is 2.30. The molecule has 1 rings (SSSR count). The summed E-state index contributed by atoms with van der Waals surface area (Å²) in [5.74, 6) is -0.286. The molecule has 1 aliphatic rings. The van der Waals surface area contributed by atoms with Crippen molar-refractivity contribution in [1.29, 1.82) is 0 Å². The zero-order valence-corrected chi connectivity index (χ0v) is 12.4. The van der Waals surface area contributed by atoms with Crippen LogP contribution in [0, 0.1) is 0 Å². The predicted octanol–water partition coefficient (Wildman–Crippen LogP) is 1.20. The van der Waals surface area contributed by atoms with E-state index in [1.54, 1.807) is 0 Å². The maximum Gasteiger partial charge on any atom is 0.237 e. The molecule has 0 aromatic heterocycles. The second-order valence-corrected chi connectivity index (χ2v) is 5.81. The molecule has 5 nitrogen and oxygen atoms in total. The minimum Gasteiger partial charge on any atom is -0.379 e. The van der Waals surface area contributed by atoms with Crippen LogP contribution in [0.1, 0.15) is 46.5 Å². The number of amides is 1. The second kappa shape index (κ2) is 7.82. The Bertz CT molecular complexity index is 278. The summed E-state index contributed by atoms with van der Waals surface area (Å²) in [5.41, 5.74) is 4.86. The third-order valence-corrected chi connectivity index (χ3v) is 3.46. The van der Waals surface area contributed by atoms with Crippen molar-refractivity contribution in [2.45, 2.75) is 64.1 Å². The number of ether oxygens (including phenoxy) is 2. The van der Waals surface area contributed by atoms with Crippen molar-refractivity contribution in [1.82, 2.24) is 5.32 Å². The van der Waals surface area contributed by atoms with Gasteiger partial charge in [-0.15, -0.1) is 0 Å². The lowest BCUT2D eigenvalue weighted by Gasteiger charge is -2.29. The van der Waals surface area contributed by atoms with Gasteiger partial charge in [-0.2, -0.15) is 0 Å². The molecule has 2 unspecified atom stereocenters. The van der Waals surface area contributed by atoms with E-state index < -0.39 is 5.54 Å². The molecule has 0 radical (unpaired) electrons. The molecule has 3 N–H and O–H groups in total. The van der Waals surface area contributed by atoms with E-state index >= 15 is 0 Å². The third kappa shape index (κ3) is 5.89. The van der Waals surface area contributed by atoms with Gasteiger partial charge in [-0.25, -0.2) is 0 Å². The highest BCUT2D eigenvalue weighted by Crippen LogP contribution is 2.15. The maximum atomic E-state index is 11.5. The van der Waals surface area contributed by atoms with Gasteiger partial charge in [0.15, 0.2) is 0 Å². The molecule has 0 spiro atoms. The number of hydrogen-bond donors (Lipinski definition) is 2. The van der Waals surface area contributed by atoms with Crippen LogP contribution in [0.15, 0.2) is 0 Å². The summed E-state index contributed by atoms with van der Waals surface area (Å²) in [6.07, 6.45) is 3.86. The standard InChI is InChI=1S/C14H28N2O3/c1-11(2)16-14(3,13(15)17)7-4-5-8-19-12-6-9-18-10-12/h11-12,16H,4-10H2,1-3H3,(H2,15,17). The van der Waals surface area contributed by atoms with Gasteiger partial charge in [0, 0.05) is 19.3 Å². The van der Waals surface area contributed by atoms with Gasteiger partial charge in [0.2, 0.25) is 5.91 Å². The Labute approximate surface area is 116 Å². The average Bonchev–Trinajstić information content (AvgIpc) is 2.80. The number of hydrogen-bond acceptors (Lipinski definition) is 4. The molecule has 2 atom stereocenters. The maximum absolute atomic E-state index is 11.5. The molecule has 1 fully saturated rings. The van der Waals surface area contributed by atoms with E-state index in [2.05, 4.69) is 5.32 Å². The Morgan fingerprint density at radius 2 is 2.26 bits per heavy atom. The van der Waals surface area contributed by atoms with E-state index in [9.17, 15) is 4.79 Å². The normalized spacial score (nSPS) is 22.6. The molecule has 1 heterocycles. The molecular formula is C14H28N2O3. The van der Waals surface area contributed by atoms with Crippen molar-refractivity contribution in [3.63, 3.8) is 0 Å². The molecule has 1 aliphatic heterocycles. The molecule has 0 aromatic carbocycles. The first-order chi connectivity index (χ1) is 8.94. The number of primary amides is 1. The van der Waals surface area contributed by atoms with Crippen LogP contribution in [0.2, 0.25) is 0 Å². The van der Waals surface area contributed by atoms with Crippen LogP contribution in [0.5, 0.6) is 0 Å². The monoisotopic (exact) mass is 272 g/mol. The number of nitrogens with one attached hydrogen (secondary N) is 1. The third-order valence-electron chi connectivity index (χ3n) is 3.46. The van der Waals surface area contributed by atoms with E-state index in [0.717, 1.165) is 38.9 Å². The summed E-state index contributed by atoms with van der Waals surface area (Å²) in [6, 6.07) is 0.240. The first-order valence-electron chi connectivity index (χ1n) is 7.21.